The zero-order chi connectivity index (χ0) is 19.1. The quantitative estimate of drug-likeness (QED) is 0.835. The maximum Gasteiger partial charge on any atom is 0.324 e. The molecule has 1 fully saturated rings. The average molecular weight is 394 g/mol. The van der Waals surface area contributed by atoms with Crippen molar-refractivity contribution in [1.82, 2.24) is 14.9 Å². The fourth-order valence-corrected chi connectivity index (χ4v) is 4.77. The van der Waals surface area contributed by atoms with E-state index in [0.717, 1.165) is 27.7 Å². The molecule has 0 radical (unpaired) electrons. The Morgan fingerprint density at radius 3 is 2.69 bits per heavy atom. The number of rotatable bonds is 3. The van der Waals surface area contributed by atoms with Gasteiger partial charge in [0, 0.05) is 17.3 Å². The molecular weight excluding hydrogens is 370 g/mol. The molecule has 26 heavy (non-hydrogen) atoms. The molecule has 0 bridgehead atoms. The number of aryl methyl sites for hydroxylation is 1. The van der Waals surface area contributed by atoms with Gasteiger partial charge in [-0.1, -0.05) is 32.1 Å². The van der Waals surface area contributed by atoms with Crippen molar-refractivity contribution in [2.24, 2.45) is 5.73 Å². The lowest BCUT2D eigenvalue weighted by molar-refractivity contribution is -0.121. The minimum absolute atomic E-state index is 0.00190. The summed E-state index contributed by atoms with van der Waals surface area (Å²) in [4.78, 5) is 35.6. The lowest BCUT2D eigenvalue weighted by Gasteiger charge is -2.21. The highest BCUT2D eigenvalue weighted by atomic mass is 32.1. The number of nitrogens with two attached hydrogens (primary N) is 1. The van der Waals surface area contributed by atoms with Crippen LogP contribution in [0.5, 0.6) is 0 Å². The molecule has 2 aromatic heterocycles. The Kier molecular flexibility index (Phi) is 5.03. The second-order valence-electron chi connectivity index (χ2n) is 7.41. The van der Waals surface area contributed by atoms with E-state index in [4.69, 9.17) is 10.7 Å². The van der Waals surface area contributed by atoms with Crippen LogP contribution in [-0.2, 0) is 10.2 Å². The molecule has 2 aromatic rings. The number of nitrogens with zero attached hydrogens (tertiary/aromatic N) is 3. The van der Waals surface area contributed by atoms with Crippen LogP contribution in [0.2, 0.25) is 0 Å². The van der Waals surface area contributed by atoms with Crippen LogP contribution in [0.3, 0.4) is 0 Å². The molecule has 3 heterocycles. The van der Waals surface area contributed by atoms with Crippen LogP contribution in [0, 0.1) is 6.92 Å². The van der Waals surface area contributed by atoms with Crippen molar-refractivity contribution in [2.75, 3.05) is 11.9 Å². The van der Waals surface area contributed by atoms with Crippen molar-refractivity contribution in [1.29, 1.82) is 0 Å². The summed E-state index contributed by atoms with van der Waals surface area (Å²) in [5.41, 5.74) is 7.08. The molecule has 0 aromatic carbocycles. The maximum atomic E-state index is 12.5. The number of hydrogen-bond donors (Lipinski definition) is 2. The molecule has 3 N–H and O–H groups in total. The zero-order valence-electron chi connectivity index (χ0n) is 15.3. The highest BCUT2D eigenvalue weighted by Gasteiger charge is 2.33. The molecule has 9 heteroatoms. The van der Waals surface area contributed by atoms with E-state index in [1.54, 1.807) is 11.3 Å². The summed E-state index contributed by atoms with van der Waals surface area (Å²) in [6.07, 6.45) is 1.39. The molecule has 1 atom stereocenters. The molecular formula is C17H23N5O2S2. The van der Waals surface area contributed by atoms with Crippen LogP contribution in [0.1, 0.15) is 44.3 Å². The van der Waals surface area contributed by atoms with Crippen LogP contribution in [0.25, 0.3) is 10.6 Å². The summed E-state index contributed by atoms with van der Waals surface area (Å²) in [5.74, 6) is -0.467. The number of carbonyl (C=O) groups excluding carboxylic acids is 2. The third-order valence-corrected chi connectivity index (χ3v) is 6.59. The topological polar surface area (TPSA) is 101 Å². The van der Waals surface area contributed by atoms with Gasteiger partial charge in [0.2, 0.25) is 5.91 Å². The van der Waals surface area contributed by atoms with Gasteiger partial charge in [0.25, 0.3) is 0 Å². The van der Waals surface area contributed by atoms with E-state index in [1.165, 1.54) is 16.2 Å². The van der Waals surface area contributed by atoms with Crippen molar-refractivity contribution < 1.29 is 9.59 Å². The fraction of sp³-hybridized carbons (Fsp3) is 0.529. The van der Waals surface area contributed by atoms with Gasteiger partial charge in [-0.2, -0.15) is 0 Å². The van der Waals surface area contributed by atoms with E-state index in [1.807, 2.05) is 12.3 Å². The summed E-state index contributed by atoms with van der Waals surface area (Å²) in [5, 5.41) is 6.39. The van der Waals surface area contributed by atoms with Gasteiger partial charge in [0.05, 0.1) is 21.3 Å². The Bertz CT molecular complexity index is 837. The van der Waals surface area contributed by atoms with E-state index < -0.39 is 11.9 Å². The molecule has 1 unspecified atom stereocenters. The molecule has 7 nitrogen and oxygen atoms in total. The number of nitrogens with one attached hydrogen (secondary N) is 1. The Morgan fingerprint density at radius 2 is 2.08 bits per heavy atom. The standard InChI is InChI=1S/C17H23N5O2S2/c1-9-12(10-8-25-14(20-10)17(2,3)4)26-15(19-9)21-16(24)22-7-5-6-11(22)13(18)23/h8,11H,5-7H2,1-4H3,(H2,18,23)(H,19,21,24). The second kappa shape index (κ2) is 6.96. The first kappa shape index (κ1) is 18.8. The Hall–Kier alpha value is -2.00. The molecule has 1 saturated heterocycles. The Balaban J connectivity index is 1.77. The van der Waals surface area contributed by atoms with Crippen LogP contribution >= 0.6 is 22.7 Å². The molecule has 140 valence electrons. The van der Waals surface area contributed by atoms with Crippen molar-refractivity contribution in [3.63, 3.8) is 0 Å². The van der Waals surface area contributed by atoms with E-state index in [9.17, 15) is 9.59 Å². The number of likely N-dealkylation sites (tertiary alicyclic amines) is 1. The highest BCUT2D eigenvalue weighted by Crippen LogP contribution is 2.36. The number of primary amides is 1. The molecule has 0 saturated carbocycles. The third-order valence-electron chi connectivity index (χ3n) is 4.23. The van der Waals surface area contributed by atoms with Gasteiger partial charge in [-0.25, -0.2) is 14.8 Å². The number of urea groups is 1. The van der Waals surface area contributed by atoms with E-state index in [2.05, 4.69) is 31.1 Å². The number of amides is 3. The molecule has 1 aliphatic rings. The lowest BCUT2D eigenvalue weighted by Crippen LogP contribution is -2.45. The van der Waals surface area contributed by atoms with Gasteiger partial charge < -0.3 is 10.6 Å². The molecule has 0 spiro atoms. The van der Waals surface area contributed by atoms with Crippen LogP contribution in [-0.4, -0.2) is 39.4 Å². The van der Waals surface area contributed by atoms with Crippen LogP contribution < -0.4 is 11.1 Å². The molecule has 3 amide bonds. The van der Waals surface area contributed by atoms with Crippen LogP contribution in [0.15, 0.2) is 5.38 Å². The summed E-state index contributed by atoms with van der Waals surface area (Å²) in [7, 11) is 0. The number of hydrogen-bond acceptors (Lipinski definition) is 6. The van der Waals surface area contributed by atoms with Gasteiger partial charge >= 0.3 is 6.03 Å². The van der Waals surface area contributed by atoms with Gasteiger partial charge in [-0.3, -0.25) is 10.1 Å². The zero-order valence-corrected chi connectivity index (χ0v) is 17.0. The normalized spacial score (nSPS) is 17.5. The third kappa shape index (κ3) is 3.73. The van der Waals surface area contributed by atoms with Crippen molar-refractivity contribution in [2.45, 2.75) is 52.0 Å². The molecule has 0 aliphatic carbocycles. The number of aromatic nitrogens is 2. The Morgan fingerprint density at radius 1 is 1.35 bits per heavy atom. The molecule has 3 rings (SSSR count). The van der Waals surface area contributed by atoms with E-state index in [-0.39, 0.29) is 11.4 Å². The van der Waals surface area contributed by atoms with Crippen molar-refractivity contribution in [3.05, 3.63) is 16.1 Å². The summed E-state index contributed by atoms with van der Waals surface area (Å²) < 4.78 is 0. The minimum Gasteiger partial charge on any atom is -0.368 e. The van der Waals surface area contributed by atoms with Gasteiger partial charge in [-0.15, -0.1) is 11.3 Å². The average Bonchev–Trinajstić information content (AvgIpc) is 3.24. The first-order valence-electron chi connectivity index (χ1n) is 8.47. The fourth-order valence-electron chi connectivity index (χ4n) is 2.88. The van der Waals surface area contributed by atoms with Gasteiger partial charge in [0.15, 0.2) is 5.13 Å². The largest absolute Gasteiger partial charge is 0.368 e. The van der Waals surface area contributed by atoms with E-state index >= 15 is 0 Å². The predicted molar refractivity (Wildman–Crippen MR) is 105 cm³/mol. The highest BCUT2D eigenvalue weighted by molar-refractivity contribution is 7.19. The lowest BCUT2D eigenvalue weighted by atomic mass is 9.98. The van der Waals surface area contributed by atoms with Gasteiger partial charge in [-0.05, 0) is 19.8 Å². The van der Waals surface area contributed by atoms with Gasteiger partial charge in [0.1, 0.15) is 6.04 Å². The van der Waals surface area contributed by atoms with Crippen molar-refractivity contribution in [3.8, 4) is 10.6 Å². The predicted octanol–water partition coefficient (Wildman–Crippen LogP) is 3.35. The summed E-state index contributed by atoms with van der Waals surface area (Å²) in [6.45, 7) is 8.82. The summed E-state index contributed by atoms with van der Waals surface area (Å²) in [6, 6.07) is -0.872. The van der Waals surface area contributed by atoms with Crippen molar-refractivity contribution >= 4 is 39.7 Å². The number of thiazole rings is 2. The second-order valence-corrected chi connectivity index (χ2v) is 9.26. The number of carbonyl (C=O) groups is 2. The van der Waals surface area contributed by atoms with Crippen LogP contribution in [0.4, 0.5) is 9.93 Å². The smallest absolute Gasteiger partial charge is 0.324 e. The first-order valence-corrected chi connectivity index (χ1v) is 10.2. The Labute approximate surface area is 160 Å². The maximum absolute atomic E-state index is 12.5. The number of anilines is 1. The summed E-state index contributed by atoms with van der Waals surface area (Å²) >= 11 is 3.02. The SMILES string of the molecule is Cc1nc(NC(=O)N2CCCC2C(N)=O)sc1-c1csc(C(C)(C)C)n1. The minimum atomic E-state index is -0.539. The monoisotopic (exact) mass is 393 g/mol. The van der Waals surface area contributed by atoms with E-state index in [0.29, 0.717) is 18.1 Å². The first-order chi connectivity index (χ1) is 12.2. The molecule has 1 aliphatic heterocycles.